The molecule has 0 saturated carbocycles. The van der Waals surface area contributed by atoms with E-state index in [-0.39, 0.29) is 12.5 Å². The smallest absolute Gasteiger partial charge is 0.244 e. The number of aromatic nitrogens is 2. The number of anilines is 1. The molecule has 1 N–H and O–H groups in total. The Labute approximate surface area is 107 Å². The van der Waals surface area contributed by atoms with E-state index in [4.69, 9.17) is 0 Å². The van der Waals surface area contributed by atoms with E-state index in [1.807, 2.05) is 24.3 Å². The summed E-state index contributed by atoms with van der Waals surface area (Å²) >= 11 is 0. The number of carbonyl (C=O) groups is 1. The van der Waals surface area contributed by atoms with E-state index in [2.05, 4.69) is 24.1 Å². The van der Waals surface area contributed by atoms with Crippen LogP contribution >= 0.6 is 0 Å². The van der Waals surface area contributed by atoms with Gasteiger partial charge in [-0.15, -0.1) is 0 Å². The van der Waals surface area contributed by atoms with Crippen molar-refractivity contribution in [3.63, 3.8) is 0 Å². The SMILES string of the molecule is CC(C)c1ccc(NC(=O)Cn2ccnc2)cc1. The fourth-order valence-electron chi connectivity index (χ4n) is 1.70. The molecule has 4 heteroatoms. The number of carbonyl (C=O) groups excluding carboxylic acids is 1. The summed E-state index contributed by atoms with van der Waals surface area (Å²) in [7, 11) is 0. The minimum absolute atomic E-state index is 0.0507. The highest BCUT2D eigenvalue weighted by atomic mass is 16.1. The third kappa shape index (κ3) is 3.20. The molecule has 0 unspecified atom stereocenters. The second-order valence-electron chi connectivity index (χ2n) is 4.56. The van der Waals surface area contributed by atoms with Crippen molar-refractivity contribution < 1.29 is 4.79 Å². The van der Waals surface area contributed by atoms with Gasteiger partial charge in [0, 0.05) is 18.1 Å². The van der Waals surface area contributed by atoms with Crippen LogP contribution < -0.4 is 5.32 Å². The molecular formula is C14H17N3O. The van der Waals surface area contributed by atoms with Crippen LogP contribution in [-0.2, 0) is 11.3 Å². The third-order valence-electron chi connectivity index (χ3n) is 2.75. The molecule has 94 valence electrons. The highest BCUT2D eigenvalue weighted by Gasteiger charge is 2.04. The molecule has 0 radical (unpaired) electrons. The number of hydrogen-bond donors (Lipinski definition) is 1. The second kappa shape index (κ2) is 5.49. The fourth-order valence-corrected chi connectivity index (χ4v) is 1.70. The quantitative estimate of drug-likeness (QED) is 0.897. The molecule has 2 aromatic rings. The molecule has 0 atom stereocenters. The van der Waals surface area contributed by atoms with Crippen LogP contribution in [0.1, 0.15) is 25.3 Å². The van der Waals surface area contributed by atoms with Crippen molar-refractivity contribution in [3.8, 4) is 0 Å². The average molecular weight is 243 g/mol. The molecule has 4 nitrogen and oxygen atoms in total. The van der Waals surface area contributed by atoms with Crippen LogP contribution in [0.4, 0.5) is 5.69 Å². The minimum atomic E-state index is -0.0507. The van der Waals surface area contributed by atoms with E-state index in [0.717, 1.165) is 5.69 Å². The second-order valence-corrected chi connectivity index (χ2v) is 4.56. The van der Waals surface area contributed by atoms with E-state index >= 15 is 0 Å². The van der Waals surface area contributed by atoms with Crippen molar-refractivity contribution in [3.05, 3.63) is 48.5 Å². The van der Waals surface area contributed by atoms with Crippen LogP contribution in [0.2, 0.25) is 0 Å². The number of nitrogens with one attached hydrogen (secondary N) is 1. The van der Waals surface area contributed by atoms with Crippen molar-refractivity contribution in [1.29, 1.82) is 0 Å². The van der Waals surface area contributed by atoms with Crippen LogP contribution in [0, 0.1) is 0 Å². The number of rotatable bonds is 4. The molecule has 0 spiro atoms. The lowest BCUT2D eigenvalue weighted by Crippen LogP contribution is -2.17. The third-order valence-corrected chi connectivity index (χ3v) is 2.75. The molecule has 2 rings (SSSR count). The van der Waals surface area contributed by atoms with Gasteiger partial charge in [0.05, 0.1) is 6.33 Å². The number of benzene rings is 1. The van der Waals surface area contributed by atoms with Crippen molar-refractivity contribution in [2.24, 2.45) is 0 Å². The lowest BCUT2D eigenvalue weighted by molar-refractivity contribution is -0.116. The minimum Gasteiger partial charge on any atom is -0.328 e. The van der Waals surface area contributed by atoms with Gasteiger partial charge in [-0.1, -0.05) is 26.0 Å². The van der Waals surface area contributed by atoms with Gasteiger partial charge in [0.2, 0.25) is 5.91 Å². The monoisotopic (exact) mass is 243 g/mol. The Bertz CT molecular complexity index is 500. The summed E-state index contributed by atoms with van der Waals surface area (Å²) in [4.78, 5) is 15.6. The number of imidazole rings is 1. The summed E-state index contributed by atoms with van der Waals surface area (Å²) in [5, 5.41) is 2.86. The van der Waals surface area contributed by atoms with Gasteiger partial charge in [0.25, 0.3) is 0 Å². The number of amides is 1. The summed E-state index contributed by atoms with van der Waals surface area (Å²) in [6, 6.07) is 7.94. The van der Waals surface area contributed by atoms with E-state index in [1.54, 1.807) is 23.3 Å². The Hall–Kier alpha value is -2.10. The molecule has 0 aliphatic rings. The molecule has 1 aromatic carbocycles. The molecule has 0 fully saturated rings. The first kappa shape index (κ1) is 12.4. The van der Waals surface area contributed by atoms with Gasteiger partial charge in [-0.2, -0.15) is 0 Å². The van der Waals surface area contributed by atoms with Crippen LogP contribution in [0.5, 0.6) is 0 Å². The molecule has 1 aromatic heterocycles. The van der Waals surface area contributed by atoms with E-state index in [9.17, 15) is 4.79 Å². The summed E-state index contributed by atoms with van der Waals surface area (Å²) in [6.45, 7) is 4.57. The topological polar surface area (TPSA) is 46.9 Å². The van der Waals surface area contributed by atoms with Gasteiger partial charge in [-0.25, -0.2) is 4.98 Å². The van der Waals surface area contributed by atoms with Gasteiger partial charge in [-0.05, 0) is 23.6 Å². The zero-order valence-electron chi connectivity index (χ0n) is 10.6. The van der Waals surface area contributed by atoms with Gasteiger partial charge in [0.15, 0.2) is 0 Å². The molecule has 0 bridgehead atoms. The Morgan fingerprint density at radius 3 is 2.61 bits per heavy atom. The van der Waals surface area contributed by atoms with Gasteiger partial charge < -0.3 is 9.88 Å². The number of hydrogen-bond acceptors (Lipinski definition) is 2. The molecule has 1 amide bonds. The summed E-state index contributed by atoms with van der Waals surface area (Å²) in [6.07, 6.45) is 5.05. The predicted molar refractivity (Wildman–Crippen MR) is 71.4 cm³/mol. The standard InChI is InChI=1S/C14H17N3O/c1-11(2)12-3-5-13(6-4-12)16-14(18)9-17-8-7-15-10-17/h3-8,10-11H,9H2,1-2H3,(H,16,18). The summed E-state index contributed by atoms with van der Waals surface area (Å²) < 4.78 is 1.73. The first-order chi connectivity index (χ1) is 8.65. The summed E-state index contributed by atoms with van der Waals surface area (Å²) in [5.41, 5.74) is 2.09. The zero-order chi connectivity index (χ0) is 13.0. The molecule has 0 saturated heterocycles. The van der Waals surface area contributed by atoms with Crippen LogP contribution in [0.3, 0.4) is 0 Å². The van der Waals surface area contributed by atoms with E-state index < -0.39 is 0 Å². The van der Waals surface area contributed by atoms with Crippen molar-refractivity contribution >= 4 is 11.6 Å². The molecule has 0 aliphatic heterocycles. The van der Waals surface area contributed by atoms with Gasteiger partial charge in [0.1, 0.15) is 6.54 Å². The van der Waals surface area contributed by atoms with E-state index in [0.29, 0.717) is 5.92 Å². The fraction of sp³-hybridized carbons (Fsp3) is 0.286. The maximum atomic E-state index is 11.7. The zero-order valence-corrected chi connectivity index (χ0v) is 10.6. The molecule has 18 heavy (non-hydrogen) atoms. The van der Waals surface area contributed by atoms with Crippen molar-refractivity contribution in [2.45, 2.75) is 26.3 Å². The Morgan fingerprint density at radius 2 is 2.06 bits per heavy atom. The van der Waals surface area contributed by atoms with Crippen molar-refractivity contribution in [2.75, 3.05) is 5.32 Å². The first-order valence-electron chi connectivity index (χ1n) is 6.00. The Kier molecular flexibility index (Phi) is 3.77. The first-order valence-corrected chi connectivity index (χ1v) is 6.00. The van der Waals surface area contributed by atoms with E-state index in [1.165, 1.54) is 5.56 Å². The van der Waals surface area contributed by atoms with Gasteiger partial charge >= 0.3 is 0 Å². The maximum Gasteiger partial charge on any atom is 0.244 e. The largest absolute Gasteiger partial charge is 0.328 e. The average Bonchev–Trinajstić information content (AvgIpc) is 2.82. The molecular weight excluding hydrogens is 226 g/mol. The molecule has 1 heterocycles. The lowest BCUT2D eigenvalue weighted by atomic mass is 10.0. The lowest BCUT2D eigenvalue weighted by Gasteiger charge is -2.08. The van der Waals surface area contributed by atoms with Crippen LogP contribution in [0.25, 0.3) is 0 Å². The highest BCUT2D eigenvalue weighted by molar-refractivity contribution is 5.90. The predicted octanol–water partition coefficient (Wildman–Crippen LogP) is 2.65. The Morgan fingerprint density at radius 1 is 1.33 bits per heavy atom. The van der Waals surface area contributed by atoms with Crippen molar-refractivity contribution in [1.82, 2.24) is 9.55 Å². The van der Waals surface area contributed by atoms with Crippen LogP contribution in [-0.4, -0.2) is 15.5 Å². The van der Waals surface area contributed by atoms with Crippen LogP contribution in [0.15, 0.2) is 43.0 Å². The summed E-state index contributed by atoms with van der Waals surface area (Å²) in [5.74, 6) is 0.450. The normalized spacial score (nSPS) is 10.6. The highest BCUT2D eigenvalue weighted by Crippen LogP contribution is 2.17. The maximum absolute atomic E-state index is 11.7. The number of nitrogens with zero attached hydrogens (tertiary/aromatic N) is 2. The van der Waals surface area contributed by atoms with Gasteiger partial charge in [-0.3, -0.25) is 4.79 Å². The molecule has 0 aliphatic carbocycles. The Balaban J connectivity index is 1.95.